The Morgan fingerprint density at radius 2 is 2.40 bits per heavy atom. The van der Waals surface area contributed by atoms with Gasteiger partial charge in [-0.1, -0.05) is 13.8 Å². The van der Waals surface area contributed by atoms with Gasteiger partial charge in [0.05, 0.1) is 12.6 Å². The molecule has 0 radical (unpaired) electrons. The van der Waals surface area contributed by atoms with Gasteiger partial charge >= 0.3 is 5.97 Å². The highest BCUT2D eigenvalue weighted by Crippen LogP contribution is 2.11. The summed E-state index contributed by atoms with van der Waals surface area (Å²) in [5.74, 6) is 0.363. The Kier molecular flexibility index (Phi) is 5.65. The van der Waals surface area contributed by atoms with Gasteiger partial charge in [-0.3, -0.25) is 4.79 Å². The maximum Gasteiger partial charge on any atom is 0.320 e. The molecule has 0 saturated carbocycles. The van der Waals surface area contributed by atoms with Crippen LogP contribution in [-0.4, -0.2) is 38.4 Å². The van der Waals surface area contributed by atoms with Crippen LogP contribution >= 0.6 is 0 Å². The minimum Gasteiger partial charge on any atom is -0.462 e. The lowest BCUT2D eigenvalue weighted by molar-refractivity contribution is -0.145. The molecule has 1 unspecified atom stereocenters. The Labute approximate surface area is 91.3 Å². The molecule has 0 aliphatic carbocycles. The molecule has 1 N–H and O–H groups in total. The fourth-order valence-electron chi connectivity index (χ4n) is 1.48. The number of carbonyl (C=O) groups is 1. The van der Waals surface area contributed by atoms with E-state index in [9.17, 15) is 4.79 Å². The zero-order chi connectivity index (χ0) is 11.1. The summed E-state index contributed by atoms with van der Waals surface area (Å²) in [7, 11) is 0. The highest BCUT2D eigenvalue weighted by molar-refractivity contribution is 5.71. The summed E-state index contributed by atoms with van der Waals surface area (Å²) in [6.07, 6.45) is 2.21. The molecule has 0 bridgehead atoms. The second-order valence-electron chi connectivity index (χ2n) is 4.34. The molecule has 1 aliphatic rings. The van der Waals surface area contributed by atoms with Gasteiger partial charge in [0.1, 0.15) is 6.61 Å². The molecule has 15 heavy (non-hydrogen) atoms. The molecule has 1 saturated heterocycles. The van der Waals surface area contributed by atoms with Gasteiger partial charge in [-0.25, -0.2) is 0 Å². The van der Waals surface area contributed by atoms with Crippen molar-refractivity contribution in [1.29, 1.82) is 0 Å². The quantitative estimate of drug-likeness (QED) is 0.670. The second kappa shape index (κ2) is 6.80. The third kappa shape index (κ3) is 5.74. The van der Waals surface area contributed by atoms with Crippen molar-refractivity contribution in [3.8, 4) is 0 Å². The number of hydrogen-bond acceptors (Lipinski definition) is 4. The third-order valence-corrected chi connectivity index (χ3v) is 2.28. The van der Waals surface area contributed by atoms with Crippen LogP contribution in [0.15, 0.2) is 0 Å². The normalized spacial score (nSPS) is 20.9. The number of rotatable bonds is 6. The van der Waals surface area contributed by atoms with Crippen LogP contribution in [0.3, 0.4) is 0 Å². The number of ether oxygens (including phenoxy) is 2. The first-order valence-electron chi connectivity index (χ1n) is 5.66. The Bertz CT molecular complexity index is 188. The Morgan fingerprint density at radius 3 is 3.00 bits per heavy atom. The highest BCUT2D eigenvalue weighted by atomic mass is 16.6. The van der Waals surface area contributed by atoms with E-state index in [4.69, 9.17) is 9.47 Å². The molecule has 1 rings (SSSR count). The average molecular weight is 215 g/mol. The van der Waals surface area contributed by atoms with Crippen molar-refractivity contribution in [3.63, 3.8) is 0 Å². The van der Waals surface area contributed by atoms with Crippen LogP contribution in [0.2, 0.25) is 0 Å². The van der Waals surface area contributed by atoms with Gasteiger partial charge in [0.2, 0.25) is 0 Å². The predicted molar refractivity (Wildman–Crippen MR) is 57.6 cm³/mol. The molecular formula is C11H21NO3. The van der Waals surface area contributed by atoms with Gasteiger partial charge in [-0.15, -0.1) is 0 Å². The lowest BCUT2D eigenvalue weighted by Gasteiger charge is -2.11. The van der Waals surface area contributed by atoms with Crippen LogP contribution in [0.4, 0.5) is 0 Å². The van der Waals surface area contributed by atoms with Crippen molar-refractivity contribution >= 4 is 5.97 Å². The molecule has 0 aromatic carbocycles. The molecule has 1 atom stereocenters. The van der Waals surface area contributed by atoms with E-state index in [0.29, 0.717) is 19.1 Å². The summed E-state index contributed by atoms with van der Waals surface area (Å²) in [6, 6.07) is 0. The molecule has 1 aliphatic heterocycles. The van der Waals surface area contributed by atoms with Gasteiger partial charge in [0.15, 0.2) is 0 Å². The second-order valence-corrected chi connectivity index (χ2v) is 4.34. The smallest absolute Gasteiger partial charge is 0.320 e. The fourth-order valence-corrected chi connectivity index (χ4v) is 1.48. The summed E-state index contributed by atoms with van der Waals surface area (Å²) in [6.45, 7) is 6.55. The van der Waals surface area contributed by atoms with E-state index in [1.54, 1.807) is 0 Å². The molecule has 88 valence electrons. The SMILES string of the molecule is CC(C)CNCC(=O)OCC1CCCO1. The van der Waals surface area contributed by atoms with Crippen LogP contribution in [0.1, 0.15) is 26.7 Å². The monoisotopic (exact) mass is 215 g/mol. The first-order valence-corrected chi connectivity index (χ1v) is 5.66. The summed E-state index contributed by atoms with van der Waals surface area (Å²) >= 11 is 0. The van der Waals surface area contributed by atoms with Crippen LogP contribution in [0.25, 0.3) is 0 Å². The lowest BCUT2D eigenvalue weighted by Crippen LogP contribution is -2.29. The zero-order valence-electron chi connectivity index (χ0n) is 9.62. The minimum absolute atomic E-state index is 0.124. The molecular weight excluding hydrogens is 194 g/mol. The van der Waals surface area contributed by atoms with Gasteiger partial charge in [-0.2, -0.15) is 0 Å². The standard InChI is InChI=1S/C11H21NO3/c1-9(2)6-12-7-11(13)15-8-10-4-3-5-14-10/h9-10,12H,3-8H2,1-2H3. The predicted octanol–water partition coefficient (Wildman–Crippen LogP) is 0.954. The molecule has 0 amide bonds. The van der Waals surface area contributed by atoms with E-state index < -0.39 is 0 Å². The number of hydrogen-bond donors (Lipinski definition) is 1. The van der Waals surface area contributed by atoms with Gasteiger partial charge < -0.3 is 14.8 Å². The van der Waals surface area contributed by atoms with Crippen molar-refractivity contribution in [3.05, 3.63) is 0 Å². The number of carbonyl (C=O) groups excluding carboxylic acids is 1. The number of esters is 1. The van der Waals surface area contributed by atoms with E-state index in [2.05, 4.69) is 19.2 Å². The first-order chi connectivity index (χ1) is 7.18. The Balaban J connectivity index is 1.98. The van der Waals surface area contributed by atoms with Crippen molar-refractivity contribution in [1.82, 2.24) is 5.32 Å². The first kappa shape index (κ1) is 12.5. The average Bonchev–Trinajstić information content (AvgIpc) is 2.66. The lowest BCUT2D eigenvalue weighted by atomic mass is 10.2. The van der Waals surface area contributed by atoms with Crippen molar-refractivity contribution in [2.45, 2.75) is 32.8 Å². The van der Waals surface area contributed by atoms with E-state index in [1.165, 1.54) is 0 Å². The topological polar surface area (TPSA) is 47.6 Å². The van der Waals surface area contributed by atoms with Gasteiger partial charge in [-0.05, 0) is 25.3 Å². The van der Waals surface area contributed by atoms with Crippen LogP contribution in [-0.2, 0) is 14.3 Å². The Hall–Kier alpha value is -0.610. The number of nitrogens with one attached hydrogen (secondary N) is 1. The van der Waals surface area contributed by atoms with Crippen LogP contribution in [0.5, 0.6) is 0 Å². The van der Waals surface area contributed by atoms with Gasteiger partial charge in [0.25, 0.3) is 0 Å². The van der Waals surface area contributed by atoms with Crippen molar-refractivity contribution in [2.24, 2.45) is 5.92 Å². The van der Waals surface area contributed by atoms with Crippen LogP contribution in [0, 0.1) is 5.92 Å². The molecule has 0 aromatic heterocycles. The van der Waals surface area contributed by atoms with Crippen LogP contribution < -0.4 is 5.32 Å². The molecule has 4 nitrogen and oxygen atoms in total. The van der Waals surface area contributed by atoms with E-state index in [0.717, 1.165) is 26.0 Å². The zero-order valence-corrected chi connectivity index (χ0v) is 9.62. The molecule has 4 heteroatoms. The summed E-state index contributed by atoms with van der Waals surface area (Å²) < 4.78 is 10.4. The molecule has 1 fully saturated rings. The summed E-state index contributed by atoms with van der Waals surface area (Å²) in [5, 5.41) is 3.04. The van der Waals surface area contributed by atoms with Crippen molar-refractivity contribution in [2.75, 3.05) is 26.3 Å². The molecule has 1 heterocycles. The fraction of sp³-hybridized carbons (Fsp3) is 0.909. The van der Waals surface area contributed by atoms with E-state index >= 15 is 0 Å². The van der Waals surface area contributed by atoms with Crippen molar-refractivity contribution < 1.29 is 14.3 Å². The molecule has 0 aromatic rings. The van der Waals surface area contributed by atoms with Gasteiger partial charge in [0, 0.05) is 6.61 Å². The minimum atomic E-state index is -0.189. The van der Waals surface area contributed by atoms with E-state index in [-0.39, 0.29) is 12.1 Å². The Morgan fingerprint density at radius 1 is 1.60 bits per heavy atom. The summed E-state index contributed by atoms with van der Waals surface area (Å²) in [5.41, 5.74) is 0. The summed E-state index contributed by atoms with van der Waals surface area (Å²) in [4.78, 5) is 11.2. The maximum atomic E-state index is 11.2. The largest absolute Gasteiger partial charge is 0.462 e. The maximum absolute atomic E-state index is 11.2. The molecule has 0 spiro atoms. The third-order valence-electron chi connectivity index (χ3n) is 2.28. The highest BCUT2D eigenvalue weighted by Gasteiger charge is 2.17. The van der Waals surface area contributed by atoms with E-state index in [1.807, 2.05) is 0 Å².